The lowest BCUT2D eigenvalue weighted by molar-refractivity contribution is 0.594. The zero-order valence-electron chi connectivity index (χ0n) is 7.67. The van der Waals surface area contributed by atoms with Crippen LogP contribution in [0.1, 0.15) is 5.56 Å². The van der Waals surface area contributed by atoms with Crippen molar-refractivity contribution in [2.75, 3.05) is 17.6 Å². The van der Waals surface area contributed by atoms with E-state index in [1.807, 2.05) is 6.92 Å². The molecular weight excluding hydrogens is 222 g/mol. The van der Waals surface area contributed by atoms with Crippen LogP contribution in [0.2, 0.25) is 5.02 Å². The molecule has 0 saturated heterocycles. The van der Waals surface area contributed by atoms with E-state index in [2.05, 4.69) is 5.32 Å². The van der Waals surface area contributed by atoms with Crippen LogP contribution < -0.4 is 5.32 Å². The molecule has 0 fully saturated rings. The summed E-state index contributed by atoms with van der Waals surface area (Å²) in [6, 6.07) is 3.41. The van der Waals surface area contributed by atoms with E-state index in [0.717, 1.165) is 5.56 Å². The van der Waals surface area contributed by atoms with Gasteiger partial charge in [0.15, 0.2) is 9.84 Å². The molecule has 76 valence electrons. The number of hydrogen-bond donors (Lipinski definition) is 1. The molecule has 0 bridgehead atoms. The van der Waals surface area contributed by atoms with Crippen LogP contribution in [0.15, 0.2) is 17.0 Å². The highest BCUT2D eigenvalue weighted by Gasteiger charge is 2.25. The van der Waals surface area contributed by atoms with Crippen LogP contribution in [-0.2, 0) is 9.84 Å². The lowest BCUT2D eigenvalue weighted by Gasteiger charge is -2.19. The fraction of sp³-hybridized carbons (Fsp3) is 0.333. The SMILES string of the molecule is Cc1cc(Cl)c2c(c1)S(=O)(=O)CCN2. The molecule has 0 amide bonds. The van der Waals surface area contributed by atoms with Crippen LogP contribution in [0, 0.1) is 6.92 Å². The molecule has 1 aromatic carbocycles. The van der Waals surface area contributed by atoms with E-state index < -0.39 is 9.84 Å². The third-order valence-electron chi connectivity index (χ3n) is 2.21. The normalized spacial score (nSPS) is 18.4. The van der Waals surface area contributed by atoms with Gasteiger partial charge in [-0.3, -0.25) is 0 Å². The molecule has 1 N–H and O–H groups in total. The van der Waals surface area contributed by atoms with Gasteiger partial charge in [-0.2, -0.15) is 0 Å². The number of nitrogens with one attached hydrogen (secondary N) is 1. The summed E-state index contributed by atoms with van der Waals surface area (Å²) in [6.07, 6.45) is 0. The second kappa shape index (κ2) is 3.14. The maximum atomic E-state index is 11.7. The van der Waals surface area contributed by atoms with Gasteiger partial charge >= 0.3 is 0 Å². The van der Waals surface area contributed by atoms with Crippen molar-refractivity contribution in [1.82, 2.24) is 0 Å². The van der Waals surface area contributed by atoms with Gasteiger partial charge in [-0.25, -0.2) is 8.42 Å². The molecule has 1 aliphatic heterocycles. The van der Waals surface area contributed by atoms with Gasteiger partial charge in [-0.15, -0.1) is 0 Å². The number of anilines is 1. The quantitative estimate of drug-likeness (QED) is 0.741. The fourth-order valence-corrected chi connectivity index (χ4v) is 3.39. The Morgan fingerprint density at radius 2 is 2.14 bits per heavy atom. The summed E-state index contributed by atoms with van der Waals surface area (Å²) in [4.78, 5) is 0.328. The van der Waals surface area contributed by atoms with Gasteiger partial charge in [-0.05, 0) is 24.6 Å². The molecule has 5 heteroatoms. The molecule has 0 saturated carbocycles. The number of hydrogen-bond acceptors (Lipinski definition) is 3. The average Bonchev–Trinajstić information content (AvgIpc) is 2.06. The van der Waals surface area contributed by atoms with Crippen LogP contribution in [0.3, 0.4) is 0 Å². The van der Waals surface area contributed by atoms with Gasteiger partial charge < -0.3 is 5.32 Å². The highest BCUT2D eigenvalue weighted by molar-refractivity contribution is 7.91. The largest absolute Gasteiger partial charge is 0.382 e. The Labute approximate surface area is 88.0 Å². The molecule has 0 aliphatic carbocycles. The number of halogens is 1. The van der Waals surface area contributed by atoms with Crippen molar-refractivity contribution in [3.63, 3.8) is 0 Å². The number of aryl methyl sites for hydroxylation is 1. The monoisotopic (exact) mass is 231 g/mol. The number of fused-ring (bicyclic) bond motifs is 1. The summed E-state index contributed by atoms with van der Waals surface area (Å²) >= 11 is 5.95. The second-order valence-corrected chi connectivity index (χ2v) is 5.85. The Balaban J connectivity index is 2.76. The maximum Gasteiger partial charge on any atom is 0.182 e. The minimum atomic E-state index is -3.13. The smallest absolute Gasteiger partial charge is 0.182 e. The third kappa shape index (κ3) is 1.48. The van der Waals surface area contributed by atoms with Gasteiger partial charge in [0, 0.05) is 6.54 Å². The maximum absolute atomic E-state index is 11.7. The molecule has 1 heterocycles. The standard InChI is InChI=1S/C9H10ClNO2S/c1-6-4-7(10)9-8(5-6)14(12,13)3-2-11-9/h4-5,11H,2-3H2,1H3. The Hall–Kier alpha value is -0.740. The van der Waals surface area contributed by atoms with E-state index in [0.29, 0.717) is 22.2 Å². The number of sulfone groups is 1. The minimum Gasteiger partial charge on any atom is -0.382 e. The lowest BCUT2D eigenvalue weighted by atomic mass is 10.2. The highest BCUT2D eigenvalue weighted by Crippen LogP contribution is 2.33. The summed E-state index contributed by atoms with van der Waals surface area (Å²) in [5, 5.41) is 3.48. The summed E-state index contributed by atoms with van der Waals surface area (Å²) in [7, 11) is -3.13. The molecule has 2 rings (SSSR count). The van der Waals surface area contributed by atoms with Crippen molar-refractivity contribution in [3.8, 4) is 0 Å². The van der Waals surface area contributed by atoms with Crippen molar-refractivity contribution in [2.24, 2.45) is 0 Å². The first kappa shape index (κ1) is 9.80. The van der Waals surface area contributed by atoms with Gasteiger partial charge in [0.25, 0.3) is 0 Å². The van der Waals surface area contributed by atoms with Crippen LogP contribution >= 0.6 is 11.6 Å². The summed E-state index contributed by atoms with van der Waals surface area (Å²) < 4.78 is 23.4. The zero-order valence-corrected chi connectivity index (χ0v) is 9.24. The van der Waals surface area contributed by atoms with E-state index in [9.17, 15) is 8.42 Å². The Morgan fingerprint density at radius 1 is 1.43 bits per heavy atom. The van der Waals surface area contributed by atoms with Gasteiger partial charge in [0.2, 0.25) is 0 Å². The predicted octanol–water partition coefficient (Wildman–Crippen LogP) is 1.85. The van der Waals surface area contributed by atoms with Crippen molar-refractivity contribution < 1.29 is 8.42 Å². The first-order chi connectivity index (χ1) is 6.50. The van der Waals surface area contributed by atoms with Gasteiger partial charge in [0.1, 0.15) is 0 Å². The molecule has 14 heavy (non-hydrogen) atoms. The third-order valence-corrected chi connectivity index (χ3v) is 4.24. The molecule has 1 aromatic rings. The Bertz CT molecular complexity index is 482. The Kier molecular flexibility index (Phi) is 2.20. The van der Waals surface area contributed by atoms with Crippen molar-refractivity contribution >= 4 is 27.1 Å². The first-order valence-corrected chi connectivity index (χ1v) is 6.30. The van der Waals surface area contributed by atoms with Crippen LogP contribution in [-0.4, -0.2) is 20.7 Å². The summed E-state index contributed by atoms with van der Waals surface area (Å²) in [5.41, 5.74) is 1.41. The lowest BCUT2D eigenvalue weighted by Crippen LogP contribution is -2.23. The highest BCUT2D eigenvalue weighted by atomic mass is 35.5. The first-order valence-electron chi connectivity index (χ1n) is 4.27. The Morgan fingerprint density at radius 3 is 2.86 bits per heavy atom. The summed E-state index contributed by atoms with van der Waals surface area (Å²) in [5.74, 6) is 0.139. The molecule has 0 radical (unpaired) electrons. The average molecular weight is 232 g/mol. The van der Waals surface area contributed by atoms with E-state index >= 15 is 0 Å². The van der Waals surface area contributed by atoms with Crippen molar-refractivity contribution in [2.45, 2.75) is 11.8 Å². The van der Waals surface area contributed by atoms with Gasteiger partial charge in [-0.1, -0.05) is 11.6 Å². The minimum absolute atomic E-state index is 0.139. The second-order valence-electron chi connectivity index (χ2n) is 3.37. The van der Waals surface area contributed by atoms with Crippen molar-refractivity contribution in [1.29, 1.82) is 0 Å². The molecule has 0 aromatic heterocycles. The predicted molar refractivity (Wildman–Crippen MR) is 56.7 cm³/mol. The zero-order chi connectivity index (χ0) is 10.3. The van der Waals surface area contributed by atoms with E-state index in [-0.39, 0.29) is 5.75 Å². The number of rotatable bonds is 0. The molecule has 0 unspecified atom stereocenters. The van der Waals surface area contributed by atoms with Crippen LogP contribution in [0.25, 0.3) is 0 Å². The molecule has 0 atom stereocenters. The van der Waals surface area contributed by atoms with E-state index in [1.54, 1.807) is 12.1 Å². The van der Waals surface area contributed by atoms with Crippen LogP contribution in [0.4, 0.5) is 5.69 Å². The van der Waals surface area contributed by atoms with Crippen molar-refractivity contribution in [3.05, 3.63) is 22.7 Å². The molecule has 0 spiro atoms. The molecule has 3 nitrogen and oxygen atoms in total. The van der Waals surface area contributed by atoms with Gasteiger partial charge in [0.05, 0.1) is 21.4 Å². The fourth-order valence-electron chi connectivity index (χ4n) is 1.55. The summed E-state index contributed by atoms with van der Waals surface area (Å²) in [6.45, 7) is 2.26. The molecule has 1 aliphatic rings. The number of benzene rings is 1. The van der Waals surface area contributed by atoms with Crippen LogP contribution in [0.5, 0.6) is 0 Å². The topological polar surface area (TPSA) is 46.2 Å². The van der Waals surface area contributed by atoms with E-state index in [4.69, 9.17) is 11.6 Å². The molecular formula is C9H10ClNO2S. The van der Waals surface area contributed by atoms with E-state index in [1.165, 1.54) is 0 Å².